The largest absolute Gasteiger partial charge is 0.353 e. The van der Waals surface area contributed by atoms with Crippen molar-refractivity contribution in [1.29, 1.82) is 0 Å². The molecule has 1 aromatic rings. The summed E-state index contributed by atoms with van der Waals surface area (Å²) in [6, 6.07) is 6.81. The van der Waals surface area contributed by atoms with Gasteiger partial charge >= 0.3 is 11.8 Å². The first-order chi connectivity index (χ1) is 12.4. The molecule has 140 valence electrons. The van der Waals surface area contributed by atoms with Gasteiger partial charge in [0.05, 0.1) is 11.3 Å². The highest BCUT2D eigenvalue weighted by Crippen LogP contribution is 2.22. The first kappa shape index (κ1) is 19.8. The summed E-state index contributed by atoms with van der Waals surface area (Å²) in [5, 5.41) is 5.30. The number of thioether (sulfide) groups is 1. The van der Waals surface area contributed by atoms with Crippen LogP contribution in [-0.2, 0) is 14.4 Å². The third-order valence-corrected chi connectivity index (χ3v) is 4.42. The minimum absolute atomic E-state index is 0.0404. The van der Waals surface area contributed by atoms with Crippen molar-refractivity contribution in [2.45, 2.75) is 43.7 Å². The van der Waals surface area contributed by atoms with E-state index >= 15 is 0 Å². The van der Waals surface area contributed by atoms with Crippen molar-refractivity contribution in [2.24, 2.45) is 0 Å². The van der Waals surface area contributed by atoms with E-state index in [-0.39, 0.29) is 23.7 Å². The summed E-state index contributed by atoms with van der Waals surface area (Å²) < 4.78 is 0. The summed E-state index contributed by atoms with van der Waals surface area (Å²) >= 11 is 1.22. The highest BCUT2D eigenvalue weighted by atomic mass is 32.2. The van der Waals surface area contributed by atoms with Crippen molar-refractivity contribution in [3.05, 3.63) is 29.8 Å². The second-order valence-electron chi connectivity index (χ2n) is 6.16. The van der Waals surface area contributed by atoms with Gasteiger partial charge in [-0.2, -0.15) is 0 Å². The molecule has 0 saturated heterocycles. The van der Waals surface area contributed by atoms with Crippen LogP contribution >= 0.6 is 11.8 Å². The Morgan fingerprint density at radius 3 is 2.42 bits per heavy atom. The van der Waals surface area contributed by atoms with E-state index in [1.54, 1.807) is 24.3 Å². The van der Waals surface area contributed by atoms with Gasteiger partial charge < -0.3 is 10.6 Å². The fourth-order valence-electron chi connectivity index (χ4n) is 2.00. The van der Waals surface area contributed by atoms with Crippen LogP contribution in [0, 0.1) is 0 Å². The highest BCUT2D eigenvalue weighted by molar-refractivity contribution is 8.00. The molecule has 0 heterocycles. The zero-order valence-corrected chi connectivity index (χ0v) is 15.4. The average Bonchev–Trinajstić information content (AvgIpc) is 3.41. The molecule has 0 unspecified atom stereocenters. The lowest BCUT2D eigenvalue weighted by Crippen LogP contribution is -2.49. The van der Waals surface area contributed by atoms with Crippen LogP contribution in [0.5, 0.6) is 0 Å². The molecule has 0 aliphatic heterocycles. The van der Waals surface area contributed by atoms with E-state index in [2.05, 4.69) is 21.5 Å². The molecule has 0 atom stereocenters. The predicted octanol–water partition coefficient (Wildman–Crippen LogP) is 0.343. The van der Waals surface area contributed by atoms with Gasteiger partial charge in [0, 0.05) is 17.0 Å². The molecule has 0 spiro atoms. The lowest BCUT2D eigenvalue weighted by atomic mass is 10.2. The monoisotopic (exact) mass is 378 g/mol. The van der Waals surface area contributed by atoms with Gasteiger partial charge in [-0.25, -0.2) is 0 Å². The summed E-state index contributed by atoms with van der Waals surface area (Å²) in [7, 11) is 0. The number of amides is 4. The molecule has 1 saturated carbocycles. The van der Waals surface area contributed by atoms with E-state index < -0.39 is 17.7 Å². The van der Waals surface area contributed by atoms with Gasteiger partial charge in [0.25, 0.3) is 5.91 Å². The quantitative estimate of drug-likeness (QED) is 0.324. The summed E-state index contributed by atoms with van der Waals surface area (Å²) in [5.74, 6) is -2.23. The predicted molar refractivity (Wildman–Crippen MR) is 97.2 cm³/mol. The smallest absolute Gasteiger partial charge is 0.327 e. The van der Waals surface area contributed by atoms with Crippen LogP contribution < -0.4 is 21.5 Å². The number of hydrazine groups is 1. The number of benzene rings is 1. The molecule has 1 aromatic carbocycles. The SMILES string of the molecule is CC(C)NC(=O)CSc1ccccc1C(=O)NNC(=O)C(=O)NC1CC1. The Morgan fingerprint density at radius 1 is 1.08 bits per heavy atom. The van der Waals surface area contributed by atoms with Crippen LogP contribution in [0.15, 0.2) is 29.2 Å². The number of hydrogen-bond donors (Lipinski definition) is 4. The zero-order valence-electron chi connectivity index (χ0n) is 14.6. The van der Waals surface area contributed by atoms with E-state index in [0.717, 1.165) is 12.8 Å². The van der Waals surface area contributed by atoms with E-state index in [1.807, 2.05) is 13.8 Å². The molecule has 0 bridgehead atoms. The van der Waals surface area contributed by atoms with Crippen LogP contribution in [0.3, 0.4) is 0 Å². The fourth-order valence-corrected chi connectivity index (χ4v) is 2.86. The number of carbonyl (C=O) groups is 4. The van der Waals surface area contributed by atoms with Crippen molar-refractivity contribution >= 4 is 35.4 Å². The van der Waals surface area contributed by atoms with Crippen LogP contribution in [0.1, 0.15) is 37.0 Å². The molecule has 4 amide bonds. The molecule has 4 N–H and O–H groups in total. The van der Waals surface area contributed by atoms with Gasteiger partial charge in [0.1, 0.15) is 0 Å². The van der Waals surface area contributed by atoms with Gasteiger partial charge in [-0.05, 0) is 38.8 Å². The maximum absolute atomic E-state index is 12.3. The number of hydrogen-bond acceptors (Lipinski definition) is 5. The summed E-state index contributed by atoms with van der Waals surface area (Å²) in [4.78, 5) is 47.8. The van der Waals surface area contributed by atoms with E-state index in [4.69, 9.17) is 0 Å². The van der Waals surface area contributed by atoms with Crippen molar-refractivity contribution in [2.75, 3.05) is 5.75 Å². The lowest BCUT2D eigenvalue weighted by molar-refractivity contribution is -0.139. The standard InChI is InChI=1S/C17H22N4O4S/c1-10(2)18-14(22)9-26-13-6-4-3-5-12(13)15(23)20-21-17(25)16(24)19-11-7-8-11/h3-6,10-11H,7-9H2,1-2H3,(H,18,22)(H,19,24)(H,20,23)(H,21,25). The van der Waals surface area contributed by atoms with E-state index in [1.165, 1.54) is 11.8 Å². The minimum atomic E-state index is -0.924. The second kappa shape index (κ2) is 9.23. The molecule has 0 aromatic heterocycles. The van der Waals surface area contributed by atoms with Gasteiger partial charge in [-0.3, -0.25) is 30.0 Å². The Hall–Kier alpha value is -2.55. The van der Waals surface area contributed by atoms with Crippen LogP contribution in [0.2, 0.25) is 0 Å². The molecule has 26 heavy (non-hydrogen) atoms. The van der Waals surface area contributed by atoms with Crippen molar-refractivity contribution in [1.82, 2.24) is 21.5 Å². The molecule has 0 radical (unpaired) electrons. The lowest BCUT2D eigenvalue weighted by Gasteiger charge is -2.11. The Balaban J connectivity index is 1.88. The number of rotatable bonds is 6. The first-order valence-electron chi connectivity index (χ1n) is 8.29. The van der Waals surface area contributed by atoms with Crippen molar-refractivity contribution in [3.63, 3.8) is 0 Å². The minimum Gasteiger partial charge on any atom is -0.353 e. The second-order valence-corrected chi connectivity index (χ2v) is 7.18. The third kappa shape index (κ3) is 6.40. The molecule has 1 aliphatic carbocycles. The van der Waals surface area contributed by atoms with Crippen LogP contribution in [0.25, 0.3) is 0 Å². The topological polar surface area (TPSA) is 116 Å². The van der Waals surface area contributed by atoms with E-state index in [0.29, 0.717) is 10.5 Å². The maximum atomic E-state index is 12.3. The Bertz CT molecular complexity index is 704. The third-order valence-electron chi connectivity index (χ3n) is 3.35. The Kier molecular flexibility index (Phi) is 7.02. The highest BCUT2D eigenvalue weighted by Gasteiger charge is 2.26. The normalized spacial score (nSPS) is 13.0. The molecule has 8 nitrogen and oxygen atoms in total. The molecule has 1 aliphatic rings. The van der Waals surface area contributed by atoms with Gasteiger partial charge in [-0.1, -0.05) is 12.1 Å². The maximum Gasteiger partial charge on any atom is 0.327 e. The van der Waals surface area contributed by atoms with Gasteiger partial charge in [-0.15, -0.1) is 11.8 Å². The van der Waals surface area contributed by atoms with Gasteiger partial charge in [0.2, 0.25) is 5.91 Å². The number of nitrogens with one attached hydrogen (secondary N) is 4. The van der Waals surface area contributed by atoms with Crippen molar-refractivity contribution in [3.8, 4) is 0 Å². The molecular weight excluding hydrogens is 356 g/mol. The Labute approximate surface area is 155 Å². The fraction of sp³-hybridized carbons (Fsp3) is 0.412. The summed E-state index contributed by atoms with van der Waals surface area (Å²) in [6.07, 6.45) is 1.72. The molecule has 1 fully saturated rings. The summed E-state index contributed by atoms with van der Waals surface area (Å²) in [6.45, 7) is 3.73. The summed E-state index contributed by atoms with van der Waals surface area (Å²) in [5.41, 5.74) is 4.62. The molecule has 9 heteroatoms. The number of carbonyl (C=O) groups excluding carboxylic acids is 4. The Morgan fingerprint density at radius 2 is 1.77 bits per heavy atom. The molecular formula is C17H22N4O4S. The van der Waals surface area contributed by atoms with Crippen molar-refractivity contribution < 1.29 is 19.2 Å². The molecule has 2 rings (SSSR count). The average molecular weight is 378 g/mol. The van der Waals surface area contributed by atoms with Crippen LogP contribution in [0.4, 0.5) is 0 Å². The first-order valence-corrected chi connectivity index (χ1v) is 9.27. The van der Waals surface area contributed by atoms with Crippen LogP contribution in [-0.4, -0.2) is 41.5 Å². The zero-order chi connectivity index (χ0) is 19.1. The van der Waals surface area contributed by atoms with E-state index in [9.17, 15) is 19.2 Å². The van der Waals surface area contributed by atoms with Gasteiger partial charge in [0.15, 0.2) is 0 Å².